The van der Waals surface area contributed by atoms with Crippen LogP contribution in [0.1, 0.15) is 5.69 Å². The molecule has 0 amide bonds. The Bertz CT molecular complexity index is 286. The van der Waals surface area contributed by atoms with Gasteiger partial charge in [0.1, 0.15) is 5.69 Å². The summed E-state index contributed by atoms with van der Waals surface area (Å²) >= 11 is 3.04. The number of hydrogen-bond acceptors (Lipinski definition) is 2. The van der Waals surface area contributed by atoms with Crippen LogP contribution in [0.15, 0.2) is 22.8 Å². The van der Waals surface area contributed by atoms with E-state index < -0.39 is 17.9 Å². The third kappa shape index (κ3) is 1.85. The van der Waals surface area contributed by atoms with Crippen molar-refractivity contribution in [3.63, 3.8) is 0 Å². The average molecular weight is 236 g/mol. The first-order valence-corrected chi connectivity index (χ1v) is 3.82. The Morgan fingerprint density at radius 2 is 2.17 bits per heavy atom. The van der Waals surface area contributed by atoms with Crippen LogP contribution in [-0.2, 0) is 10.7 Å². The van der Waals surface area contributed by atoms with Gasteiger partial charge in [-0.2, -0.15) is 8.78 Å². The van der Waals surface area contributed by atoms with Gasteiger partial charge in [0, 0.05) is 10.7 Å². The Morgan fingerprint density at radius 3 is 2.58 bits per heavy atom. The third-order valence-electron chi connectivity index (χ3n) is 1.22. The zero-order valence-electron chi connectivity index (χ0n) is 5.80. The highest BCUT2D eigenvalue weighted by molar-refractivity contribution is 9.10. The van der Waals surface area contributed by atoms with Crippen molar-refractivity contribution in [3.05, 3.63) is 28.5 Å². The lowest BCUT2D eigenvalue weighted by Crippen LogP contribution is -2.16. The number of alkyl halides is 2. The molecule has 1 aromatic rings. The second kappa shape index (κ2) is 3.26. The molecule has 1 heterocycles. The van der Waals surface area contributed by atoms with Crippen LogP contribution in [0.2, 0.25) is 0 Å². The van der Waals surface area contributed by atoms with E-state index in [1.165, 1.54) is 12.3 Å². The zero-order valence-corrected chi connectivity index (χ0v) is 7.38. The monoisotopic (exact) mass is 235 g/mol. The summed E-state index contributed by atoms with van der Waals surface area (Å²) < 4.78 is 25.7. The van der Waals surface area contributed by atoms with E-state index in [-0.39, 0.29) is 0 Å². The van der Waals surface area contributed by atoms with Crippen molar-refractivity contribution in [2.45, 2.75) is 5.92 Å². The van der Waals surface area contributed by atoms with Gasteiger partial charge >= 0.3 is 5.92 Å². The van der Waals surface area contributed by atoms with Crippen LogP contribution in [-0.4, -0.2) is 11.3 Å². The summed E-state index contributed by atoms with van der Waals surface area (Å²) in [6.07, 6.45) is 0.788. The van der Waals surface area contributed by atoms with Crippen LogP contribution in [0.25, 0.3) is 0 Å². The van der Waals surface area contributed by atoms with Gasteiger partial charge in [0.2, 0.25) is 0 Å². The van der Waals surface area contributed by atoms with Crippen molar-refractivity contribution in [1.29, 1.82) is 0 Å². The van der Waals surface area contributed by atoms with E-state index in [4.69, 9.17) is 0 Å². The molecule has 0 unspecified atom stereocenters. The summed E-state index contributed by atoms with van der Waals surface area (Å²) in [5.74, 6) is -3.49. The van der Waals surface area contributed by atoms with E-state index in [1.807, 2.05) is 0 Å². The maximum absolute atomic E-state index is 12.6. The van der Waals surface area contributed by atoms with Crippen LogP contribution in [0.3, 0.4) is 0 Å². The fourth-order valence-corrected chi connectivity index (χ4v) is 0.868. The molecular formula is C7H4BrF2NO. The Morgan fingerprint density at radius 1 is 1.50 bits per heavy atom. The predicted molar refractivity (Wildman–Crippen MR) is 41.9 cm³/mol. The highest BCUT2D eigenvalue weighted by Crippen LogP contribution is 2.23. The van der Waals surface area contributed by atoms with E-state index in [0.717, 1.165) is 6.07 Å². The molecule has 0 atom stereocenters. The Labute approximate surface area is 75.7 Å². The third-order valence-corrected chi connectivity index (χ3v) is 1.69. The molecule has 0 aliphatic carbocycles. The van der Waals surface area contributed by atoms with Crippen LogP contribution in [0.4, 0.5) is 8.78 Å². The first kappa shape index (κ1) is 9.25. The zero-order chi connectivity index (χ0) is 9.19. The highest BCUT2D eigenvalue weighted by Gasteiger charge is 2.32. The average Bonchev–Trinajstić information content (AvgIpc) is 2.05. The maximum atomic E-state index is 12.6. The molecule has 0 fully saturated rings. The van der Waals surface area contributed by atoms with Crippen LogP contribution < -0.4 is 0 Å². The number of carbonyl (C=O) groups is 1. The number of nitrogens with zero attached hydrogens (tertiary/aromatic N) is 1. The van der Waals surface area contributed by atoms with Gasteiger partial charge in [-0.15, -0.1) is 0 Å². The minimum atomic E-state index is -3.49. The number of aldehydes is 1. The first-order valence-electron chi connectivity index (χ1n) is 3.02. The molecule has 0 radical (unpaired) electrons. The molecule has 0 spiro atoms. The molecule has 2 nitrogen and oxygen atoms in total. The maximum Gasteiger partial charge on any atom is 0.344 e. The van der Waals surface area contributed by atoms with Crippen molar-refractivity contribution >= 4 is 22.2 Å². The Hall–Kier alpha value is -0.840. The molecule has 0 bridgehead atoms. The molecule has 0 saturated carbocycles. The van der Waals surface area contributed by atoms with E-state index in [9.17, 15) is 13.6 Å². The van der Waals surface area contributed by atoms with Crippen molar-refractivity contribution in [3.8, 4) is 0 Å². The highest BCUT2D eigenvalue weighted by atomic mass is 79.9. The number of rotatable bonds is 2. The summed E-state index contributed by atoms with van der Waals surface area (Å²) in [5, 5.41) is 0. The molecule has 0 aromatic carbocycles. The Kier molecular flexibility index (Phi) is 2.52. The topological polar surface area (TPSA) is 30.0 Å². The summed E-state index contributed by atoms with van der Waals surface area (Å²) in [4.78, 5) is 13.3. The van der Waals surface area contributed by atoms with E-state index in [2.05, 4.69) is 20.9 Å². The van der Waals surface area contributed by atoms with Gasteiger partial charge in [-0.1, -0.05) is 0 Å². The molecule has 0 N–H and O–H groups in total. The molecule has 0 aliphatic heterocycles. The molecule has 12 heavy (non-hydrogen) atoms. The van der Waals surface area contributed by atoms with E-state index in [0.29, 0.717) is 4.47 Å². The van der Waals surface area contributed by atoms with Crippen molar-refractivity contribution in [2.24, 2.45) is 0 Å². The minimum absolute atomic E-state index is 0.427. The van der Waals surface area contributed by atoms with Gasteiger partial charge in [-0.25, -0.2) is 0 Å². The van der Waals surface area contributed by atoms with Crippen molar-refractivity contribution < 1.29 is 13.6 Å². The van der Waals surface area contributed by atoms with E-state index in [1.54, 1.807) is 0 Å². The van der Waals surface area contributed by atoms with Crippen LogP contribution in [0.5, 0.6) is 0 Å². The quantitative estimate of drug-likeness (QED) is 0.736. The van der Waals surface area contributed by atoms with E-state index >= 15 is 0 Å². The largest absolute Gasteiger partial charge is 0.344 e. The molecule has 64 valence electrons. The molecule has 0 aliphatic rings. The summed E-state index contributed by atoms with van der Waals surface area (Å²) in [6.45, 7) is 0. The molecule has 0 saturated heterocycles. The smallest absolute Gasteiger partial charge is 0.296 e. The lowest BCUT2D eigenvalue weighted by atomic mass is 10.2. The normalized spacial score (nSPS) is 11.2. The molecule has 1 aromatic heterocycles. The minimum Gasteiger partial charge on any atom is -0.296 e. The van der Waals surface area contributed by atoms with Gasteiger partial charge in [-0.05, 0) is 28.1 Å². The summed E-state index contributed by atoms with van der Waals surface area (Å²) in [5.41, 5.74) is -0.541. The SMILES string of the molecule is O=CC(F)(F)c1ccc(Br)cn1. The van der Waals surface area contributed by atoms with Gasteiger partial charge in [-0.3, -0.25) is 9.78 Å². The number of aromatic nitrogens is 1. The molecular weight excluding hydrogens is 232 g/mol. The lowest BCUT2D eigenvalue weighted by Gasteiger charge is -2.06. The second-order valence-corrected chi connectivity index (χ2v) is 3.02. The predicted octanol–water partition coefficient (Wildman–Crippen LogP) is 2.13. The Balaban J connectivity index is 3.04. The van der Waals surface area contributed by atoms with Crippen molar-refractivity contribution in [1.82, 2.24) is 4.98 Å². The second-order valence-electron chi connectivity index (χ2n) is 2.10. The molecule has 1 rings (SSSR count). The molecule has 5 heteroatoms. The summed E-state index contributed by atoms with van der Waals surface area (Å²) in [7, 11) is 0. The number of hydrogen-bond donors (Lipinski definition) is 0. The lowest BCUT2D eigenvalue weighted by molar-refractivity contribution is -0.130. The van der Waals surface area contributed by atoms with Gasteiger partial charge < -0.3 is 0 Å². The van der Waals surface area contributed by atoms with Crippen molar-refractivity contribution in [2.75, 3.05) is 0 Å². The number of halogens is 3. The number of carbonyl (C=O) groups excluding carboxylic acids is 1. The standard InChI is InChI=1S/C7H4BrF2NO/c8-5-1-2-6(11-3-5)7(9,10)4-12/h1-4H. The van der Waals surface area contributed by atoms with Crippen LogP contribution in [0, 0.1) is 0 Å². The fourth-order valence-electron chi connectivity index (χ4n) is 0.633. The first-order chi connectivity index (χ1) is 5.56. The van der Waals surface area contributed by atoms with Gasteiger partial charge in [0.05, 0.1) is 0 Å². The fraction of sp³-hybridized carbons (Fsp3) is 0.143. The van der Waals surface area contributed by atoms with Crippen LogP contribution >= 0.6 is 15.9 Å². The van der Waals surface area contributed by atoms with Gasteiger partial charge in [0.15, 0.2) is 6.29 Å². The summed E-state index contributed by atoms with van der Waals surface area (Å²) in [6, 6.07) is 2.50. The number of pyridine rings is 1. The van der Waals surface area contributed by atoms with Gasteiger partial charge in [0.25, 0.3) is 0 Å².